The van der Waals surface area contributed by atoms with Crippen LogP contribution in [0.3, 0.4) is 0 Å². The fourth-order valence-corrected chi connectivity index (χ4v) is 2.46. The molecule has 1 aromatic heterocycles. The molecule has 0 fully saturated rings. The van der Waals surface area contributed by atoms with Gasteiger partial charge in [0.2, 0.25) is 0 Å². The van der Waals surface area contributed by atoms with Crippen molar-refractivity contribution in [1.29, 1.82) is 0 Å². The molecule has 5 heteroatoms. The zero-order chi connectivity index (χ0) is 16.4. The summed E-state index contributed by atoms with van der Waals surface area (Å²) in [6.07, 6.45) is -4.52. The van der Waals surface area contributed by atoms with Gasteiger partial charge in [-0.25, -0.2) is 4.98 Å². The zero-order valence-electron chi connectivity index (χ0n) is 11.8. The Labute approximate surface area is 136 Å². The minimum atomic E-state index is -4.52. The quantitative estimate of drug-likeness (QED) is 0.553. The number of alkyl halides is 3. The van der Waals surface area contributed by atoms with Crippen molar-refractivity contribution in [2.75, 3.05) is 0 Å². The number of aromatic nitrogens is 1. The monoisotopic (exact) mass is 333 g/mol. The summed E-state index contributed by atoms with van der Waals surface area (Å²) in [5.74, 6) is 0. The van der Waals surface area contributed by atoms with Crippen molar-refractivity contribution in [2.45, 2.75) is 6.18 Å². The number of hydrogen-bond acceptors (Lipinski definition) is 1. The lowest BCUT2D eigenvalue weighted by atomic mass is 10.0. The van der Waals surface area contributed by atoms with E-state index in [-0.39, 0.29) is 5.69 Å². The topological polar surface area (TPSA) is 12.9 Å². The fourth-order valence-electron chi connectivity index (χ4n) is 2.27. The first kappa shape index (κ1) is 15.6. The van der Waals surface area contributed by atoms with Crippen LogP contribution < -0.4 is 0 Å². The van der Waals surface area contributed by atoms with E-state index in [1.54, 1.807) is 54.6 Å². The Balaban J connectivity index is 2.20. The highest BCUT2D eigenvalue weighted by Gasteiger charge is 2.33. The molecule has 3 aromatic rings. The summed E-state index contributed by atoms with van der Waals surface area (Å²) >= 11 is 5.93. The van der Waals surface area contributed by atoms with Crippen LogP contribution in [0.2, 0.25) is 5.02 Å². The molecule has 0 aliphatic carbocycles. The summed E-state index contributed by atoms with van der Waals surface area (Å²) in [5.41, 5.74) is 1.02. The molecule has 0 spiro atoms. The highest BCUT2D eigenvalue weighted by Crippen LogP contribution is 2.34. The Morgan fingerprint density at radius 3 is 2.09 bits per heavy atom. The molecule has 0 radical (unpaired) electrons. The number of hydrogen-bond donors (Lipinski definition) is 0. The minimum absolute atomic E-state index is 0.237. The molecule has 0 N–H and O–H groups in total. The van der Waals surface area contributed by atoms with Crippen molar-refractivity contribution in [1.82, 2.24) is 4.98 Å². The van der Waals surface area contributed by atoms with Gasteiger partial charge in [-0.2, -0.15) is 13.2 Å². The zero-order valence-corrected chi connectivity index (χ0v) is 12.6. The van der Waals surface area contributed by atoms with Crippen molar-refractivity contribution in [3.63, 3.8) is 0 Å². The second-order valence-corrected chi connectivity index (χ2v) is 5.44. The van der Waals surface area contributed by atoms with Crippen molar-refractivity contribution >= 4 is 11.6 Å². The van der Waals surface area contributed by atoms with Crippen LogP contribution in [0.4, 0.5) is 13.2 Å². The minimum Gasteiger partial charge on any atom is -0.243 e. The van der Waals surface area contributed by atoms with E-state index in [0.29, 0.717) is 21.7 Å². The summed E-state index contributed by atoms with van der Waals surface area (Å²) in [6.45, 7) is 0. The van der Waals surface area contributed by atoms with E-state index in [4.69, 9.17) is 11.6 Å². The van der Waals surface area contributed by atoms with E-state index >= 15 is 0 Å². The van der Waals surface area contributed by atoms with Crippen LogP contribution in [0.1, 0.15) is 5.69 Å². The number of nitrogens with zero attached hydrogens (tertiary/aromatic N) is 1. The summed E-state index contributed by atoms with van der Waals surface area (Å²) in [6, 6.07) is 18.2. The van der Waals surface area contributed by atoms with Crippen LogP contribution in [0, 0.1) is 0 Å². The van der Waals surface area contributed by atoms with Gasteiger partial charge in [0.15, 0.2) is 0 Å². The van der Waals surface area contributed by atoms with Gasteiger partial charge in [0.25, 0.3) is 0 Å². The van der Waals surface area contributed by atoms with Crippen LogP contribution in [0.15, 0.2) is 66.7 Å². The van der Waals surface area contributed by atoms with Crippen molar-refractivity contribution in [3.8, 4) is 22.4 Å². The standard InChI is InChI=1S/C18H11ClF3N/c19-15-8-4-7-13(9-15)16-10-14(12-5-2-1-3-6-12)11-17(23-16)18(20,21)22/h1-11H. The van der Waals surface area contributed by atoms with Crippen LogP contribution in [0.25, 0.3) is 22.4 Å². The van der Waals surface area contributed by atoms with Crippen LogP contribution in [0.5, 0.6) is 0 Å². The molecule has 1 nitrogen and oxygen atoms in total. The largest absolute Gasteiger partial charge is 0.433 e. The number of benzene rings is 2. The van der Waals surface area contributed by atoms with Gasteiger partial charge in [-0.1, -0.05) is 54.1 Å². The first-order valence-corrected chi connectivity index (χ1v) is 7.22. The number of rotatable bonds is 2. The van der Waals surface area contributed by atoms with E-state index in [1.165, 1.54) is 0 Å². The Bertz CT molecular complexity index is 829. The third kappa shape index (κ3) is 3.54. The third-order valence-corrected chi connectivity index (χ3v) is 3.58. The predicted molar refractivity (Wildman–Crippen MR) is 85.1 cm³/mol. The molecular weight excluding hydrogens is 323 g/mol. The third-order valence-electron chi connectivity index (χ3n) is 3.34. The van der Waals surface area contributed by atoms with Crippen molar-refractivity contribution in [3.05, 3.63) is 77.4 Å². The Morgan fingerprint density at radius 2 is 1.43 bits per heavy atom. The maximum atomic E-state index is 13.2. The average Bonchev–Trinajstić information content (AvgIpc) is 2.54. The lowest BCUT2D eigenvalue weighted by molar-refractivity contribution is -0.141. The molecule has 0 atom stereocenters. The molecule has 3 rings (SSSR count). The molecular formula is C18H11ClF3N. The lowest BCUT2D eigenvalue weighted by Gasteiger charge is -2.12. The van der Waals surface area contributed by atoms with E-state index in [1.807, 2.05) is 6.07 Å². The molecule has 116 valence electrons. The summed E-state index contributed by atoms with van der Waals surface area (Å²) in [4.78, 5) is 3.76. The smallest absolute Gasteiger partial charge is 0.243 e. The van der Waals surface area contributed by atoms with Gasteiger partial charge in [0.05, 0.1) is 5.69 Å². The molecule has 0 aliphatic rings. The molecule has 1 heterocycles. The van der Waals surface area contributed by atoms with E-state index < -0.39 is 11.9 Å². The van der Waals surface area contributed by atoms with Gasteiger partial charge in [-0.15, -0.1) is 0 Å². The van der Waals surface area contributed by atoms with Gasteiger partial charge in [0, 0.05) is 10.6 Å². The Kier molecular flexibility index (Phi) is 4.09. The number of halogens is 4. The first-order valence-electron chi connectivity index (χ1n) is 6.84. The highest BCUT2D eigenvalue weighted by atomic mass is 35.5. The lowest BCUT2D eigenvalue weighted by Crippen LogP contribution is -2.09. The van der Waals surface area contributed by atoms with Crippen LogP contribution in [-0.4, -0.2) is 4.98 Å². The molecule has 0 amide bonds. The summed E-state index contributed by atoms with van der Waals surface area (Å²) in [5, 5.41) is 0.447. The Hall–Kier alpha value is -2.33. The molecule has 0 bridgehead atoms. The second kappa shape index (κ2) is 6.05. The first-order chi connectivity index (χ1) is 10.9. The second-order valence-electron chi connectivity index (χ2n) is 5.00. The van der Waals surface area contributed by atoms with Crippen molar-refractivity contribution in [2.24, 2.45) is 0 Å². The van der Waals surface area contributed by atoms with E-state index in [9.17, 15) is 13.2 Å². The van der Waals surface area contributed by atoms with Crippen LogP contribution in [-0.2, 0) is 6.18 Å². The highest BCUT2D eigenvalue weighted by molar-refractivity contribution is 6.30. The van der Waals surface area contributed by atoms with Gasteiger partial charge < -0.3 is 0 Å². The molecule has 0 saturated heterocycles. The molecule has 23 heavy (non-hydrogen) atoms. The summed E-state index contributed by atoms with van der Waals surface area (Å²) in [7, 11) is 0. The van der Waals surface area contributed by atoms with Crippen LogP contribution >= 0.6 is 11.6 Å². The maximum Gasteiger partial charge on any atom is 0.433 e. The summed E-state index contributed by atoms with van der Waals surface area (Å²) < 4.78 is 39.5. The normalized spacial score (nSPS) is 11.5. The predicted octanol–water partition coefficient (Wildman–Crippen LogP) is 6.09. The van der Waals surface area contributed by atoms with Gasteiger partial charge in [-0.05, 0) is 35.4 Å². The Morgan fingerprint density at radius 1 is 0.739 bits per heavy atom. The molecule has 0 unspecified atom stereocenters. The SMILES string of the molecule is FC(F)(F)c1cc(-c2ccccc2)cc(-c2cccc(Cl)c2)n1. The number of pyridine rings is 1. The van der Waals surface area contributed by atoms with Gasteiger partial charge in [0.1, 0.15) is 5.69 Å². The van der Waals surface area contributed by atoms with E-state index in [0.717, 1.165) is 6.07 Å². The van der Waals surface area contributed by atoms with Gasteiger partial charge in [-0.3, -0.25) is 0 Å². The fraction of sp³-hybridized carbons (Fsp3) is 0.0556. The maximum absolute atomic E-state index is 13.2. The molecule has 0 saturated carbocycles. The van der Waals surface area contributed by atoms with E-state index in [2.05, 4.69) is 4.98 Å². The van der Waals surface area contributed by atoms with Gasteiger partial charge >= 0.3 is 6.18 Å². The molecule has 0 aliphatic heterocycles. The van der Waals surface area contributed by atoms with Crippen molar-refractivity contribution < 1.29 is 13.2 Å². The average molecular weight is 334 g/mol. The molecule has 2 aromatic carbocycles.